The molecule has 1 aromatic carbocycles. The fourth-order valence-electron chi connectivity index (χ4n) is 12.0. The van der Waals surface area contributed by atoms with E-state index in [0.29, 0.717) is 30.4 Å². The van der Waals surface area contributed by atoms with E-state index in [1.807, 2.05) is 20.8 Å². The number of carbonyl (C=O) groups excluding carboxylic acids is 1. The monoisotopic (exact) mass is 626 g/mol. The SMILES string of the molecule is CC1CCCC2(OC3CC4(O)C5=CC(=O)C6C(c7ccc(O)c(O)c7)C(O)C(O)CC6(C)C5CCC4(C)C3C2(C)O)C(O)C1C. The van der Waals surface area contributed by atoms with Crippen LogP contribution in [0.1, 0.15) is 91.0 Å². The molecule has 9 heteroatoms. The number of allylic oxidation sites excluding steroid dienone is 1. The van der Waals surface area contributed by atoms with E-state index in [1.165, 1.54) is 12.1 Å². The first-order chi connectivity index (χ1) is 20.9. The standard InChI is InChI=1S/C36H50O9/c1-17-7-6-11-36(31(42)18(17)2)34(5,43)30-26(45-36)16-35(44)21-14-24(39)28-27(19-8-9-22(37)23(38)13-19)29(41)25(40)15-32(28,3)20(21)10-12-33(30,35)4/h8-9,13-14,17-18,20,25-31,37-38,40-44H,6-7,10-12,15-16H2,1-5H3. The van der Waals surface area contributed by atoms with Crippen LogP contribution in [-0.4, -0.2) is 82.7 Å². The van der Waals surface area contributed by atoms with Crippen LogP contribution in [0.25, 0.3) is 0 Å². The number of ketones is 1. The van der Waals surface area contributed by atoms with Crippen LogP contribution in [0.3, 0.4) is 0 Å². The maximum absolute atomic E-state index is 14.3. The molecule has 1 spiro atoms. The predicted octanol–water partition coefficient (Wildman–Crippen LogP) is 3.31. The molecular formula is C36H50O9. The number of benzene rings is 1. The smallest absolute Gasteiger partial charge is 0.160 e. The largest absolute Gasteiger partial charge is 0.504 e. The topological polar surface area (TPSA) is 168 Å². The minimum atomic E-state index is -1.46. The van der Waals surface area contributed by atoms with Gasteiger partial charge in [0.25, 0.3) is 0 Å². The minimum absolute atomic E-state index is 0.0627. The number of fused-ring (bicyclic) bond motifs is 7. The van der Waals surface area contributed by atoms with Crippen molar-refractivity contribution in [2.24, 2.45) is 40.4 Å². The molecule has 0 aromatic heterocycles. The average Bonchev–Trinajstić information content (AvgIpc) is 3.29. The predicted molar refractivity (Wildman–Crippen MR) is 164 cm³/mol. The fraction of sp³-hybridized carbons (Fsp3) is 0.750. The summed E-state index contributed by atoms with van der Waals surface area (Å²) >= 11 is 0. The van der Waals surface area contributed by atoms with Gasteiger partial charge in [-0.05, 0) is 85.1 Å². The summed E-state index contributed by atoms with van der Waals surface area (Å²) in [5.41, 5.74) is -4.62. The van der Waals surface area contributed by atoms with Crippen LogP contribution in [0.5, 0.6) is 11.5 Å². The normalized spacial score (nSPS) is 54.1. The minimum Gasteiger partial charge on any atom is -0.504 e. The van der Waals surface area contributed by atoms with Crippen molar-refractivity contribution in [2.45, 2.75) is 127 Å². The Hall–Kier alpha value is -2.01. The Bertz CT molecular complexity index is 1440. The van der Waals surface area contributed by atoms with E-state index in [9.17, 15) is 40.5 Å². The molecule has 15 atom stereocenters. The Morgan fingerprint density at radius 3 is 2.33 bits per heavy atom. The van der Waals surface area contributed by atoms with Gasteiger partial charge in [-0.3, -0.25) is 4.79 Å². The number of hydrogen-bond acceptors (Lipinski definition) is 9. The summed E-state index contributed by atoms with van der Waals surface area (Å²) in [4.78, 5) is 14.3. The number of hydrogen-bond donors (Lipinski definition) is 7. The third-order valence-electron chi connectivity index (χ3n) is 14.5. The van der Waals surface area contributed by atoms with Crippen molar-refractivity contribution in [3.05, 3.63) is 35.4 Å². The summed E-state index contributed by atoms with van der Waals surface area (Å²) in [5, 5.41) is 79.7. The quantitative estimate of drug-likeness (QED) is 0.231. The Morgan fingerprint density at radius 1 is 0.933 bits per heavy atom. The first kappa shape index (κ1) is 31.6. The number of carbonyl (C=O) groups is 1. The lowest BCUT2D eigenvalue weighted by atomic mass is 9.43. The lowest BCUT2D eigenvalue weighted by Gasteiger charge is -2.62. The van der Waals surface area contributed by atoms with Crippen molar-refractivity contribution >= 4 is 5.78 Å². The Balaban J connectivity index is 1.29. The molecule has 15 unspecified atom stereocenters. The summed E-state index contributed by atoms with van der Waals surface area (Å²) in [7, 11) is 0. The maximum atomic E-state index is 14.3. The fourth-order valence-corrected chi connectivity index (χ4v) is 12.0. The first-order valence-electron chi connectivity index (χ1n) is 16.9. The van der Waals surface area contributed by atoms with E-state index in [2.05, 4.69) is 6.92 Å². The number of ether oxygens (including phenoxy) is 1. The second-order valence-electron chi connectivity index (χ2n) is 16.4. The van der Waals surface area contributed by atoms with E-state index in [0.717, 1.165) is 12.8 Å². The summed E-state index contributed by atoms with van der Waals surface area (Å²) < 4.78 is 6.84. The molecule has 5 fully saturated rings. The van der Waals surface area contributed by atoms with Crippen molar-refractivity contribution in [3.63, 3.8) is 0 Å². The van der Waals surface area contributed by atoms with Crippen molar-refractivity contribution in [2.75, 3.05) is 0 Å². The van der Waals surface area contributed by atoms with Crippen LogP contribution in [0.2, 0.25) is 0 Å². The molecule has 6 aliphatic rings. The highest BCUT2D eigenvalue weighted by Gasteiger charge is 2.79. The van der Waals surface area contributed by atoms with Gasteiger partial charge in [-0.2, -0.15) is 0 Å². The number of phenolic OH excluding ortho intramolecular Hbond substituents is 2. The summed E-state index contributed by atoms with van der Waals surface area (Å²) in [6.45, 7) is 9.90. The molecule has 4 saturated carbocycles. The van der Waals surface area contributed by atoms with Crippen LogP contribution in [0, 0.1) is 40.4 Å². The van der Waals surface area contributed by atoms with E-state index >= 15 is 0 Å². The molecule has 9 nitrogen and oxygen atoms in total. The van der Waals surface area contributed by atoms with Gasteiger partial charge in [0.2, 0.25) is 0 Å². The van der Waals surface area contributed by atoms with Gasteiger partial charge in [0.1, 0.15) is 5.60 Å². The number of aliphatic hydroxyl groups is 5. The van der Waals surface area contributed by atoms with E-state index in [4.69, 9.17) is 4.74 Å². The highest BCUT2D eigenvalue weighted by molar-refractivity contribution is 5.96. The van der Waals surface area contributed by atoms with Crippen LogP contribution in [0.15, 0.2) is 29.8 Å². The van der Waals surface area contributed by atoms with Crippen LogP contribution in [0.4, 0.5) is 0 Å². The van der Waals surface area contributed by atoms with Gasteiger partial charge in [-0.15, -0.1) is 0 Å². The van der Waals surface area contributed by atoms with E-state index < -0.39 is 69.8 Å². The highest BCUT2D eigenvalue weighted by Crippen LogP contribution is 2.73. The first-order valence-corrected chi connectivity index (χ1v) is 16.9. The van der Waals surface area contributed by atoms with Crippen molar-refractivity contribution in [3.8, 4) is 11.5 Å². The number of rotatable bonds is 1. The molecule has 45 heavy (non-hydrogen) atoms. The molecule has 7 rings (SSSR count). The average molecular weight is 627 g/mol. The molecule has 0 radical (unpaired) electrons. The lowest BCUT2D eigenvalue weighted by Crippen LogP contribution is -2.66. The molecular weight excluding hydrogens is 576 g/mol. The zero-order valence-electron chi connectivity index (χ0n) is 27.0. The Labute approximate surface area is 264 Å². The van der Waals surface area contributed by atoms with Crippen molar-refractivity contribution in [1.29, 1.82) is 0 Å². The van der Waals surface area contributed by atoms with Gasteiger partial charge in [0, 0.05) is 29.6 Å². The molecule has 1 aromatic rings. The number of phenols is 2. The third kappa shape index (κ3) is 3.80. The third-order valence-corrected chi connectivity index (χ3v) is 14.5. The Morgan fingerprint density at radius 2 is 1.64 bits per heavy atom. The van der Waals surface area contributed by atoms with Crippen molar-refractivity contribution < 1.29 is 45.3 Å². The van der Waals surface area contributed by atoms with Gasteiger partial charge < -0.3 is 40.5 Å². The van der Waals surface area contributed by atoms with Gasteiger partial charge in [0.15, 0.2) is 17.3 Å². The second kappa shape index (κ2) is 9.77. The van der Waals surface area contributed by atoms with Crippen LogP contribution in [-0.2, 0) is 9.53 Å². The molecule has 1 saturated heterocycles. The molecule has 1 aliphatic heterocycles. The number of aliphatic hydroxyl groups excluding tert-OH is 3. The van der Waals surface area contributed by atoms with E-state index in [1.54, 1.807) is 19.1 Å². The summed E-state index contributed by atoms with van der Waals surface area (Å²) in [6.07, 6.45) is 1.59. The van der Waals surface area contributed by atoms with Gasteiger partial charge >= 0.3 is 0 Å². The molecule has 0 bridgehead atoms. The van der Waals surface area contributed by atoms with Crippen LogP contribution >= 0.6 is 0 Å². The molecule has 1 heterocycles. The van der Waals surface area contributed by atoms with Crippen LogP contribution < -0.4 is 0 Å². The highest BCUT2D eigenvalue weighted by atomic mass is 16.6. The Kier molecular flexibility index (Phi) is 6.85. The van der Waals surface area contributed by atoms with E-state index in [-0.39, 0.29) is 47.9 Å². The second-order valence-corrected chi connectivity index (χ2v) is 16.4. The maximum Gasteiger partial charge on any atom is 0.160 e. The molecule has 5 aliphatic carbocycles. The molecule has 0 amide bonds. The number of aromatic hydroxyl groups is 2. The molecule has 248 valence electrons. The van der Waals surface area contributed by atoms with Crippen molar-refractivity contribution in [1.82, 2.24) is 0 Å². The summed E-state index contributed by atoms with van der Waals surface area (Å²) in [6, 6.07) is 4.23. The lowest BCUT2D eigenvalue weighted by molar-refractivity contribution is -0.223. The summed E-state index contributed by atoms with van der Waals surface area (Å²) in [5.74, 6) is -3.02. The van der Waals surface area contributed by atoms with Gasteiger partial charge in [-0.1, -0.05) is 46.6 Å². The van der Waals surface area contributed by atoms with Gasteiger partial charge in [-0.25, -0.2) is 0 Å². The molecule has 7 N–H and O–H groups in total. The zero-order chi connectivity index (χ0) is 32.6. The van der Waals surface area contributed by atoms with Gasteiger partial charge in [0.05, 0.1) is 35.6 Å². The zero-order valence-corrected chi connectivity index (χ0v) is 27.0.